The van der Waals surface area contributed by atoms with Crippen LogP contribution in [-0.4, -0.2) is 29.7 Å². The van der Waals surface area contributed by atoms with E-state index in [0.29, 0.717) is 24.1 Å². The van der Waals surface area contributed by atoms with Crippen LogP contribution in [0, 0.1) is 18.8 Å². The van der Waals surface area contributed by atoms with Gasteiger partial charge in [-0.3, -0.25) is 19.3 Å². The first-order chi connectivity index (χ1) is 17.8. The highest BCUT2D eigenvalue weighted by atomic mass is 16.5. The van der Waals surface area contributed by atoms with E-state index in [1.165, 1.54) is 23.5 Å². The monoisotopic (exact) mass is 495 g/mol. The molecule has 1 saturated heterocycles. The summed E-state index contributed by atoms with van der Waals surface area (Å²) < 4.78 is 5.43. The molecule has 1 heterocycles. The first-order valence-electron chi connectivity index (χ1n) is 12.7. The standard InChI is InChI=1S/C31H29NO5/c1-19-11-13-22(14-12-19)28(33)20(2)37-31(36)24-9-6-10-25(17-24)32-29(34)26-16-15-23(18-27(26)30(32)35)21-7-4-3-5-8-21/h3-14,17,20,23,26-27H,15-16,18H2,1-2H3/t20-,23+,26+,27+/m0/s1. The van der Waals surface area contributed by atoms with Crippen LogP contribution in [0.3, 0.4) is 0 Å². The molecule has 2 fully saturated rings. The smallest absolute Gasteiger partial charge is 0.338 e. The van der Waals surface area contributed by atoms with E-state index in [0.717, 1.165) is 12.0 Å². The van der Waals surface area contributed by atoms with Crippen molar-refractivity contribution in [1.82, 2.24) is 0 Å². The van der Waals surface area contributed by atoms with Gasteiger partial charge in [-0.1, -0.05) is 66.2 Å². The van der Waals surface area contributed by atoms with E-state index in [4.69, 9.17) is 4.74 Å². The Hall–Kier alpha value is -4.06. The second kappa shape index (κ2) is 10.1. The van der Waals surface area contributed by atoms with Crippen molar-refractivity contribution in [3.8, 4) is 0 Å². The first-order valence-corrected chi connectivity index (χ1v) is 12.7. The number of aryl methyl sites for hydroxylation is 1. The molecule has 1 aliphatic carbocycles. The number of rotatable bonds is 6. The number of carbonyl (C=O) groups is 4. The summed E-state index contributed by atoms with van der Waals surface area (Å²) in [5.41, 5.74) is 3.22. The van der Waals surface area contributed by atoms with E-state index in [1.807, 2.05) is 37.3 Å². The maximum atomic E-state index is 13.4. The van der Waals surface area contributed by atoms with Crippen molar-refractivity contribution in [3.63, 3.8) is 0 Å². The molecular formula is C31H29NO5. The Labute approximate surface area is 216 Å². The zero-order chi connectivity index (χ0) is 26.1. The van der Waals surface area contributed by atoms with Crippen molar-refractivity contribution in [2.24, 2.45) is 11.8 Å². The zero-order valence-corrected chi connectivity index (χ0v) is 20.9. The highest BCUT2D eigenvalue weighted by Crippen LogP contribution is 2.45. The summed E-state index contributed by atoms with van der Waals surface area (Å²) in [7, 11) is 0. The lowest BCUT2D eigenvalue weighted by Crippen LogP contribution is -2.31. The van der Waals surface area contributed by atoms with Gasteiger partial charge in [0.1, 0.15) is 0 Å². The summed E-state index contributed by atoms with van der Waals surface area (Å²) in [6.45, 7) is 3.46. The molecule has 1 saturated carbocycles. The predicted molar refractivity (Wildman–Crippen MR) is 139 cm³/mol. The Morgan fingerprint density at radius 2 is 1.54 bits per heavy atom. The van der Waals surface area contributed by atoms with Crippen LogP contribution < -0.4 is 4.90 Å². The molecule has 37 heavy (non-hydrogen) atoms. The highest BCUT2D eigenvalue weighted by Gasteiger charge is 2.50. The fourth-order valence-corrected chi connectivity index (χ4v) is 5.47. The van der Waals surface area contributed by atoms with E-state index in [-0.39, 0.29) is 40.9 Å². The molecule has 5 rings (SSSR count). The number of nitrogens with zero attached hydrogens (tertiary/aromatic N) is 1. The Balaban J connectivity index is 1.30. The Kier molecular flexibility index (Phi) is 6.74. The minimum absolute atomic E-state index is 0.179. The van der Waals surface area contributed by atoms with Crippen molar-refractivity contribution < 1.29 is 23.9 Å². The Morgan fingerprint density at radius 1 is 0.838 bits per heavy atom. The number of ketones is 1. The van der Waals surface area contributed by atoms with Gasteiger partial charge in [-0.25, -0.2) is 4.79 Å². The maximum absolute atomic E-state index is 13.4. The minimum atomic E-state index is -0.980. The van der Waals surface area contributed by atoms with Crippen molar-refractivity contribution in [3.05, 3.63) is 101 Å². The second-order valence-electron chi connectivity index (χ2n) is 9.97. The maximum Gasteiger partial charge on any atom is 0.338 e. The molecule has 0 aromatic heterocycles. The SMILES string of the molecule is Cc1ccc(C(=O)[C@H](C)OC(=O)c2cccc(N3C(=O)[C@@H]4CC[C@@H](c5ccccc5)C[C@H]4C3=O)c2)cc1. The van der Waals surface area contributed by atoms with Gasteiger partial charge in [-0.2, -0.15) is 0 Å². The molecule has 4 atom stereocenters. The molecule has 3 aromatic carbocycles. The number of anilines is 1. The van der Waals surface area contributed by atoms with Crippen LogP contribution in [0.15, 0.2) is 78.9 Å². The zero-order valence-electron chi connectivity index (χ0n) is 20.9. The molecular weight excluding hydrogens is 466 g/mol. The number of Topliss-reactive ketones (excluding diaryl/α,β-unsaturated/α-hetero) is 1. The van der Waals surface area contributed by atoms with Crippen LogP contribution in [0.1, 0.15) is 63.9 Å². The number of carbonyl (C=O) groups excluding carboxylic acids is 4. The summed E-state index contributed by atoms with van der Waals surface area (Å²) in [6.07, 6.45) is 1.17. The highest BCUT2D eigenvalue weighted by molar-refractivity contribution is 6.22. The molecule has 0 bridgehead atoms. The minimum Gasteiger partial charge on any atom is -0.451 e. The number of hydrogen-bond donors (Lipinski definition) is 0. The number of hydrogen-bond acceptors (Lipinski definition) is 5. The van der Waals surface area contributed by atoms with Gasteiger partial charge in [0.2, 0.25) is 17.6 Å². The molecule has 0 radical (unpaired) electrons. The van der Waals surface area contributed by atoms with E-state index in [9.17, 15) is 19.2 Å². The van der Waals surface area contributed by atoms with Gasteiger partial charge >= 0.3 is 5.97 Å². The van der Waals surface area contributed by atoms with Gasteiger partial charge in [-0.05, 0) is 62.8 Å². The van der Waals surface area contributed by atoms with Crippen molar-refractivity contribution >= 4 is 29.3 Å². The van der Waals surface area contributed by atoms with Crippen LogP contribution in [-0.2, 0) is 14.3 Å². The first kappa shape index (κ1) is 24.6. The lowest BCUT2D eigenvalue weighted by Gasteiger charge is -2.28. The van der Waals surface area contributed by atoms with E-state index < -0.39 is 12.1 Å². The normalized spacial score (nSPS) is 21.9. The third-order valence-electron chi connectivity index (χ3n) is 7.53. The van der Waals surface area contributed by atoms with Crippen LogP contribution in [0.2, 0.25) is 0 Å². The molecule has 3 aromatic rings. The van der Waals surface area contributed by atoms with Crippen LogP contribution in [0.4, 0.5) is 5.69 Å². The van der Waals surface area contributed by atoms with E-state index in [1.54, 1.807) is 30.3 Å². The number of benzene rings is 3. The molecule has 2 aliphatic rings. The summed E-state index contributed by atoms with van der Waals surface area (Å²) in [4.78, 5) is 53.4. The summed E-state index contributed by atoms with van der Waals surface area (Å²) in [6, 6.07) is 23.5. The topological polar surface area (TPSA) is 80.8 Å². The Morgan fingerprint density at radius 3 is 2.27 bits per heavy atom. The van der Waals surface area contributed by atoms with E-state index in [2.05, 4.69) is 12.1 Å². The van der Waals surface area contributed by atoms with Crippen molar-refractivity contribution in [1.29, 1.82) is 0 Å². The van der Waals surface area contributed by atoms with Crippen LogP contribution in [0.25, 0.3) is 0 Å². The lowest BCUT2D eigenvalue weighted by molar-refractivity contribution is -0.122. The quantitative estimate of drug-likeness (QED) is 0.256. The molecule has 0 unspecified atom stereocenters. The fourth-order valence-electron chi connectivity index (χ4n) is 5.47. The van der Waals surface area contributed by atoms with Gasteiger partial charge in [0.15, 0.2) is 6.10 Å². The molecule has 0 spiro atoms. The van der Waals surface area contributed by atoms with Crippen LogP contribution >= 0.6 is 0 Å². The third kappa shape index (κ3) is 4.84. The fraction of sp³-hybridized carbons (Fsp3) is 0.290. The molecule has 6 nitrogen and oxygen atoms in total. The number of amides is 2. The summed E-state index contributed by atoms with van der Waals surface area (Å²) in [5, 5.41) is 0. The second-order valence-corrected chi connectivity index (χ2v) is 9.97. The van der Waals surface area contributed by atoms with Gasteiger partial charge < -0.3 is 4.74 Å². The van der Waals surface area contributed by atoms with Gasteiger partial charge in [0.05, 0.1) is 23.1 Å². The lowest BCUT2D eigenvalue weighted by atomic mass is 9.73. The Bertz CT molecular complexity index is 1350. The van der Waals surface area contributed by atoms with E-state index >= 15 is 0 Å². The number of imide groups is 1. The average Bonchev–Trinajstić information content (AvgIpc) is 3.18. The van der Waals surface area contributed by atoms with Gasteiger partial charge in [-0.15, -0.1) is 0 Å². The molecule has 0 N–H and O–H groups in total. The summed E-state index contributed by atoms with van der Waals surface area (Å²) >= 11 is 0. The molecule has 188 valence electrons. The molecule has 2 amide bonds. The number of esters is 1. The molecule has 1 aliphatic heterocycles. The number of ether oxygens (including phenoxy) is 1. The van der Waals surface area contributed by atoms with Gasteiger partial charge in [0, 0.05) is 5.56 Å². The molecule has 6 heteroatoms. The van der Waals surface area contributed by atoms with Gasteiger partial charge in [0.25, 0.3) is 0 Å². The van der Waals surface area contributed by atoms with Crippen molar-refractivity contribution in [2.45, 2.75) is 45.1 Å². The predicted octanol–water partition coefficient (Wildman–Crippen LogP) is 5.50. The van der Waals surface area contributed by atoms with Crippen LogP contribution in [0.5, 0.6) is 0 Å². The number of fused-ring (bicyclic) bond motifs is 1. The largest absolute Gasteiger partial charge is 0.451 e. The average molecular weight is 496 g/mol. The summed E-state index contributed by atoms with van der Waals surface area (Å²) in [5.74, 6) is -1.88. The van der Waals surface area contributed by atoms with Crippen molar-refractivity contribution in [2.75, 3.05) is 4.90 Å². The third-order valence-corrected chi connectivity index (χ3v) is 7.53.